The zero-order chi connectivity index (χ0) is 22.8. The first-order valence-electron chi connectivity index (χ1n) is 10.9. The van der Waals surface area contributed by atoms with Crippen molar-refractivity contribution in [3.8, 4) is 0 Å². The van der Waals surface area contributed by atoms with E-state index in [-0.39, 0.29) is 17.9 Å². The summed E-state index contributed by atoms with van der Waals surface area (Å²) in [5.41, 5.74) is 4.25. The number of halogens is 1. The highest BCUT2D eigenvalue weighted by molar-refractivity contribution is 6.34. The van der Waals surface area contributed by atoms with E-state index in [0.29, 0.717) is 34.7 Å². The molecule has 2 amide bonds. The Morgan fingerprint density at radius 1 is 1.31 bits per heavy atom. The van der Waals surface area contributed by atoms with Crippen molar-refractivity contribution in [2.75, 3.05) is 38.7 Å². The van der Waals surface area contributed by atoms with Crippen molar-refractivity contribution < 1.29 is 18.7 Å². The Kier molecular flexibility index (Phi) is 6.43. The van der Waals surface area contributed by atoms with Gasteiger partial charge in [0, 0.05) is 55.4 Å². The summed E-state index contributed by atoms with van der Waals surface area (Å²) in [6.07, 6.45) is 3.49. The normalized spacial score (nSPS) is 18.1. The molecular formula is C24H29FN4O3. The van der Waals surface area contributed by atoms with Gasteiger partial charge in [-0.25, -0.2) is 4.39 Å². The first-order chi connectivity index (χ1) is 15.4. The molecule has 0 aliphatic carbocycles. The number of anilines is 1. The third-order valence-electron chi connectivity index (χ3n) is 6.29. The van der Waals surface area contributed by atoms with E-state index in [1.807, 2.05) is 13.8 Å². The monoisotopic (exact) mass is 440 g/mol. The van der Waals surface area contributed by atoms with E-state index in [2.05, 4.69) is 20.5 Å². The lowest BCUT2D eigenvalue weighted by Gasteiger charge is -2.32. The van der Waals surface area contributed by atoms with Crippen LogP contribution in [0.15, 0.2) is 18.2 Å². The molecule has 1 fully saturated rings. The first kappa shape index (κ1) is 22.2. The van der Waals surface area contributed by atoms with Crippen molar-refractivity contribution in [2.24, 2.45) is 0 Å². The predicted molar refractivity (Wildman–Crippen MR) is 122 cm³/mol. The van der Waals surface area contributed by atoms with Gasteiger partial charge in [-0.2, -0.15) is 0 Å². The lowest BCUT2D eigenvalue weighted by Crippen LogP contribution is -2.45. The van der Waals surface area contributed by atoms with Gasteiger partial charge in [0.25, 0.3) is 11.8 Å². The fraction of sp³-hybridized carbons (Fsp3) is 0.417. The molecule has 0 radical (unpaired) electrons. The number of ether oxygens (including phenoxy) is 1. The molecule has 0 saturated carbocycles. The number of hydrogen-bond donors (Lipinski definition) is 3. The van der Waals surface area contributed by atoms with Gasteiger partial charge >= 0.3 is 0 Å². The smallest absolute Gasteiger partial charge is 0.256 e. The summed E-state index contributed by atoms with van der Waals surface area (Å²) in [5.74, 6) is -0.805. The fourth-order valence-corrected chi connectivity index (χ4v) is 4.49. The minimum absolute atomic E-state index is 0.112. The molecule has 4 rings (SSSR count). The van der Waals surface area contributed by atoms with Crippen LogP contribution in [-0.4, -0.2) is 61.1 Å². The van der Waals surface area contributed by atoms with E-state index in [0.717, 1.165) is 43.7 Å². The minimum Gasteiger partial charge on any atom is -0.383 e. The highest BCUT2D eigenvalue weighted by Crippen LogP contribution is 2.34. The van der Waals surface area contributed by atoms with Crippen LogP contribution in [0.5, 0.6) is 0 Å². The number of aromatic amines is 1. The molecule has 2 aliphatic heterocycles. The second kappa shape index (κ2) is 9.26. The van der Waals surface area contributed by atoms with Crippen molar-refractivity contribution >= 4 is 29.2 Å². The number of piperidine rings is 1. The number of amides is 2. The summed E-state index contributed by atoms with van der Waals surface area (Å²) in [6, 6.07) is 4.34. The molecule has 170 valence electrons. The number of H-pyrrole nitrogens is 1. The molecule has 8 heteroatoms. The number of nitrogens with one attached hydrogen (secondary N) is 3. The predicted octanol–water partition coefficient (Wildman–Crippen LogP) is 3.10. The van der Waals surface area contributed by atoms with Gasteiger partial charge in [0.1, 0.15) is 5.82 Å². The van der Waals surface area contributed by atoms with Crippen LogP contribution in [0.1, 0.15) is 45.7 Å². The van der Waals surface area contributed by atoms with Crippen LogP contribution < -0.4 is 10.6 Å². The number of likely N-dealkylation sites (tertiary alicyclic amines) is 1. The van der Waals surface area contributed by atoms with Crippen molar-refractivity contribution in [2.45, 2.75) is 32.7 Å². The fourth-order valence-electron chi connectivity index (χ4n) is 4.49. The van der Waals surface area contributed by atoms with Gasteiger partial charge < -0.3 is 25.3 Å². The van der Waals surface area contributed by atoms with E-state index in [1.54, 1.807) is 19.3 Å². The summed E-state index contributed by atoms with van der Waals surface area (Å²) in [7, 11) is 1.70. The first-order valence-corrected chi connectivity index (χ1v) is 10.9. The third kappa shape index (κ3) is 4.47. The number of nitrogens with zero attached hydrogens (tertiary/aromatic N) is 1. The number of methoxy groups -OCH3 is 1. The van der Waals surface area contributed by atoms with Gasteiger partial charge in [-0.1, -0.05) is 0 Å². The largest absolute Gasteiger partial charge is 0.383 e. The number of carbonyl (C=O) groups is 2. The van der Waals surface area contributed by atoms with Gasteiger partial charge in [0.15, 0.2) is 0 Å². The molecule has 1 saturated heterocycles. The van der Waals surface area contributed by atoms with Crippen LogP contribution in [0.3, 0.4) is 0 Å². The third-order valence-corrected chi connectivity index (χ3v) is 6.29. The standard InChI is InChI=1S/C24H29FN4O3/c1-14-21(13-19-18-12-16(25)4-5-20(18)28-23(19)30)26-15(2)22(14)24(31)27-17-6-8-29(9-7-17)10-11-32-3/h4-5,12-13,17,26H,6-11H2,1-3H3,(H,27,31)(H,28,30)/b19-13-. The molecule has 32 heavy (non-hydrogen) atoms. The van der Waals surface area contributed by atoms with Crippen molar-refractivity contribution in [1.82, 2.24) is 15.2 Å². The summed E-state index contributed by atoms with van der Waals surface area (Å²) in [5, 5.41) is 5.92. The van der Waals surface area contributed by atoms with Crippen LogP contribution in [-0.2, 0) is 9.53 Å². The lowest BCUT2D eigenvalue weighted by atomic mass is 10.0. The highest BCUT2D eigenvalue weighted by Gasteiger charge is 2.27. The molecular weight excluding hydrogens is 411 g/mol. The molecule has 7 nitrogen and oxygen atoms in total. The Morgan fingerprint density at radius 2 is 2.06 bits per heavy atom. The van der Waals surface area contributed by atoms with Crippen LogP contribution in [0.25, 0.3) is 11.6 Å². The Bertz CT molecular complexity index is 1070. The van der Waals surface area contributed by atoms with E-state index >= 15 is 0 Å². The van der Waals surface area contributed by atoms with E-state index in [9.17, 15) is 14.0 Å². The van der Waals surface area contributed by atoms with Crippen LogP contribution >= 0.6 is 0 Å². The molecule has 0 spiro atoms. The SMILES string of the molecule is COCCN1CCC(NC(=O)c2c(C)[nH]c(/C=C3\C(=O)Nc4ccc(F)cc43)c2C)CC1. The average molecular weight is 441 g/mol. The van der Waals surface area contributed by atoms with Gasteiger partial charge in [-0.05, 0) is 56.5 Å². The van der Waals surface area contributed by atoms with E-state index in [1.165, 1.54) is 12.1 Å². The average Bonchev–Trinajstić information content (AvgIpc) is 3.22. The maximum atomic E-state index is 13.7. The number of aryl methyl sites for hydroxylation is 1. The van der Waals surface area contributed by atoms with Crippen LogP contribution in [0.2, 0.25) is 0 Å². The molecule has 2 aromatic rings. The Balaban J connectivity index is 1.49. The molecule has 1 aromatic heterocycles. The minimum atomic E-state index is -0.404. The molecule has 0 atom stereocenters. The van der Waals surface area contributed by atoms with Crippen LogP contribution in [0, 0.1) is 19.7 Å². The number of hydrogen-bond acceptors (Lipinski definition) is 4. The van der Waals surface area contributed by atoms with Crippen molar-refractivity contribution in [3.05, 3.63) is 52.1 Å². The number of carbonyl (C=O) groups excluding carboxylic acids is 2. The second-order valence-electron chi connectivity index (χ2n) is 8.45. The van der Waals surface area contributed by atoms with E-state index < -0.39 is 5.82 Å². The second-order valence-corrected chi connectivity index (χ2v) is 8.45. The number of rotatable bonds is 6. The maximum Gasteiger partial charge on any atom is 0.256 e. The Hall–Kier alpha value is -2.97. The van der Waals surface area contributed by atoms with Crippen molar-refractivity contribution in [3.63, 3.8) is 0 Å². The topological polar surface area (TPSA) is 86.5 Å². The van der Waals surface area contributed by atoms with Crippen molar-refractivity contribution in [1.29, 1.82) is 0 Å². The van der Waals surface area contributed by atoms with Gasteiger partial charge in [-0.3, -0.25) is 9.59 Å². The molecule has 2 aliphatic rings. The zero-order valence-electron chi connectivity index (χ0n) is 18.7. The quantitative estimate of drug-likeness (QED) is 0.603. The summed E-state index contributed by atoms with van der Waals surface area (Å²) in [6.45, 7) is 7.19. The van der Waals surface area contributed by atoms with E-state index in [4.69, 9.17) is 4.74 Å². The highest BCUT2D eigenvalue weighted by atomic mass is 19.1. The lowest BCUT2D eigenvalue weighted by molar-refractivity contribution is -0.110. The Morgan fingerprint density at radius 3 is 2.78 bits per heavy atom. The zero-order valence-corrected chi connectivity index (χ0v) is 18.7. The molecule has 3 N–H and O–H groups in total. The summed E-state index contributed by atoms with van der Waals surface area (Å²) in [4.78, 5) is 31.0. The number of fused-ring (bicyclic) bond motifs is 1. The van der Waals surface area contributed by atoms with Gasteiger partial charge in [0.2, 0.25) is 0 Å². The van der Waals surface area contributed by atoms with Gasteiger partial charge in [-0.15, -0.1) is 0 Å². The van der Waals surface area contributed by atoms with Gasteiger partial charge in [0.05, 0.1) is 17.7 Å². The molecule has 0 unspecified atom stereocenters. The number of benzene rings is 1. The molecule has 1 aromatic carbocycles. The summed E-state index contributed by atoms with van der Waals surface area (Å²) >= 11 is 0. The molecule has 3 heterocycles. The Labute approximate surface area is 187 Å². The maximum absolute atomic E-state index is 13.7. The summed E-state index contributed by atoms with van der Waals surface area (Å²) < 4.78 is 18.9. The number of aromatic nitrogens is 1. The van der Waals surface area contributed by atoms with Crippen LogP contribution in [0.4, 0.5) is 10.1 Å². The molecule has 0 bridgehead atoms.